The van der Waals surface area contributed by atoms with Gasteiger partial charge in [0.25, 0.3) is 10.1 Å². The first kappa shape index (κ1) is 31.9. The number of nitrogens with zero attached hydrogens (tertiary/aromatic N) is 3. The van der Waals surface area contributed by atoms with E-state index < -0.39 is 10.1 Å². The minimum Gasteiger partial charge on any atom is -0.379 e. The molecule has 3 aliphatic heterocycles. The Kier molecular flexibility index (Phi) is 10.4. The molecule has 0 spiro atoms. The van der Waals surface area contributed by atoms with E-state index in [1.807, 2.05) is 23.7 Å². The van der Waals surface area contributed by atoms with Gasteiger partial charge in [-0.3, -0.25) is 13.9 Å². The number of halogens is 4. The van der Waals surface area contributed by atoms with Crippen LogP contribution in [0.15, 0.2) is 73.6 Å². The minimum atomic E-state index is -3.64. The van der Waals surface area contributed by atoms with Crippen molar-refractivity contribution in [3.63, 3.8) is 0 Å². The van der Waals surface area contributed by atoms with E-state index in [1.54, 1.807) is 48.8 Å². The SMILES string of the molecule is Cc1ccc(S(=O)(=O)OC2CCOC2)cc1.Fc1c(Br)ccc2c1C=NC2.Fc1c(Br)ccc2c1cnn2C1CCOC1. The summed E-state index contributed by atoms with van der Waals surface area (Å²) in [5.74, 6) is -0.452. The van der Waals surface area contributed by atoms with Gasteiger partial charge in [0.2, 0.25) is 0 Å². The second-order valence-electron chi connectivity index (χ2n) is 10.2. The lowest BCUT2D eigenvalue weighted by Crippen LogP contribution is -2.18. The lowest BCUT2D eigenvalue weighted by molar-refractivity contribution is 0.145. The predicted molar refractivity (Wildman–Crippen MR) is 166 cm³/mol. The Labute approximate surface area is 265 Å². The van der Waals surface area contributed by atoms with Gasteiger partial charge in [0.05, 0.1) is 56.7 Å². The van der Waals surface area contributed by atoms with Crippen molar-refractivity contribution < 1.29 is 30.9 Å². The summed E-state index contributed by atoms with van der Waals surface area (Å²) in [4.78, 5) is 4.17. The standard InChI is InChI=1S/C11H10BrFN2O.C11H14O4S.C8H5BrFN/c12-9-1-2-10-8(11(9)13)5-14-15(10)7-3-4-16-6-7;1-9-2-4-11(5-3-9)16(12,13)15-10-6-7-14-8-10;9-7-2-1-5-3-11-4-6(5)8(7)10/h1-2,5,7H,3-4,6H2;2-5,10H,6-8H2,1H3;1-2,4H,3H2. The van der Waals surface area contributed by atoms with Gasteiger partial charge in [0, 0.05) is 31.4 Å². The Morgan fingerprint density at radius 1 is 0.930 bits per heavy atom. The highest BCUT2D eigenvalue weighted by atomic mass is 79.9. The van der Waals surface area contributed by atoms with Gasteiger partial charge in [0.1, 0.15) is 17.7 Å². The van der Waals surface area contributed by atoms with E-state index in [0.717, 1.165) is 29.7 Å². The monoisotopic (exact) mass is 739 g/mol. The molecule has 228 valence electrons. The zero-order valence-electron chi connectivity index (χ0n) is 23.2. The third kappa shape index (κ3) is 7.58. The molecule has 0 radical (unpaired) electrons. The van der Waals surface area contributed by atoms with E-state index >= 15 is 0 Å². The lowest BCUT2D eigenvalue weighted by atomic mass is 10.1. The third-order valence-corrected chi connectivity index (χ3v) is 9.68. The molecule has 1 aromatic heterocycles. The minimum absolute atomic E-state index is 0.199. The Balaban J connectivity index is 0.000000131. The van der Waals surface area contributed by atoms with E-state index in [9.17, 15) is 17.2 Å². The number of aliphatic imine (C=N–C) groups is 1. The van der Waals surface area contributed by atoms with E-state index in [0.29, 0.717) is 52.7 Å². The average molecular weight is 741 g/mol. The van der Waals surface area contributed by atoms with Crippen molar-refractivity contribution in [1.82, 2.24) is 9.78 Å². The molecule has 7 rings (SSSR count). The first-order chi connectivity index (χ1) is 20.6. The maximum atomic E-state index is 13.8. The molecule has 0 amide bonds. The summed E-state index contributed by atoms with van der Waals surface area (Å²) in [6.07, 6.45) is 4.38. The van der Waals surface area contributed by atoms with Crippen LogP contribution in [-0.2, 0) is 30.3 Å². The highest BCUT2D eigenvalue weighted by molar-refractivity contribution is 9.10. The van der Waals surface area contributed by atoms with Crippen LogP contribution in [0.4, 0.5) is 8.78 Å². The van der Waals surface area contributed by atoms with Gasteiger partial charge < -0.3 is 9.47 Å². The fourth-order valence-electron chi connectivity index (χ4n) is 4.71. The number of fused-ring (bicyclic) bond motifs is 2. The number of hydrogen-bond donors (Lipinski definition) is 0. The molecule has 3 aliphatic rings. The van der Waals surface area contributed by atoms with Crippen molar-refractivity contribution in [2.45, 2.75) is 43.4 Å². The maximum Gasteiger partial charge on any atom is 0.297 e. The molecule has 43 heavy (non-hydrogen) atoms. The zero-order valence-corrected chi connectivity index (χ0v) is 27.2. The van der Waals surface area contributed by atoms with Crippen LogP contribution in [0.1, 0.15) is 35.6 Å². The second-order valence-corrected chi connectivity index (χ2v) is 13.4. The molecular formula is C30H29Br2F2N3O5S. The maximum absolute atomic E-state index is 13.8. The van der Waals surface area contributed by atoms with Crippen molar-refractivity contribution in [3.05, 3.63) is 92.0 Å². The molecule has 2 saturated heterocycles. The van der Waals surface area contributed by atoms with Gasteiger partial charge in [-0.15, -0.1) is 0 Å². The molecule has 4 aromatic rings. The average Bonchev–Trinajstić information content (AvgIpc) is 3.81. The third-order valence-electron chi connectivity index (χ3n) is 7.08. The van der Waals surface area contributed by atoms with Crippen molar-refractivity contribution in [2.24, 2.45) is 4.99 Å². The van der Waals surface area contributed by atoms with Gasteiger partial charge in [0.15, 0.2) is 0 Å². The molecule has 8 nitrogen and oxygen atoms in total. The molecule has 0 bridgehead atoms. The van der Waals surface area contributed by atoms with Crippen LogP contribution in [0.3, 0.4) is 0 Å². The lowest BCUT2D eigenvalue weighted by Gasteiger charge is -2.10. The predicted octanol–water partition coefficient (Wildman–Crippen LogP) is 6.91. The van der Waals surface area contributed by atoms with Gasteiger partial charge in [-0.25, -0.2) is 8.78 Å². The number of aryl methyl sites for hydroxylation is 1. The topological polar surface area (TPSA) is 92.0 Å². The first-order valence-electron chi connectivity index (χ1n) is 13.6. The summed E-state index contributed by atoms with van der Waals surface area (Å²) in [5, 5.41) is 4.81. The Morgan fingerprint density at radius 3 is 2.33 bits per heavy atom. The largest absolute Gasteiger partial charge is 0.379 e. The molecular weight excluding hydrogens is 712 g/mol. The number of ether oxygens (including phenoxy) is 2. The van der Waals surface area contributed by atoms with Crippen LogP contribution < -0.4 is 0 Å². The molecule has 0 N–H and O–H groups in total. The summed E-state index contributed by atoms with van der Waals surface area (Å²) in [7, 11) is -3.64. The molecule has 2 unspecified atom stereocenters. The quantitative estimate of drug-likeness (QED) is 0.211. The van der Waals surface area contributed by atoms with Crippen LogP contribution in [0.25, 0.3) is 10.9 Å². The molecule has 13 heteroatoms. The zero-order chi connectivity index (χ0) is 30.6. The second kappa shape index (κ2) is 14.0. The summed E-state index contributed by atoms with van der Waals surface area (Å²) >= 11 is 6.28. The van der Waals surface area contributed by atoms with Crippen molar-refractivity contribution in [3.8, 4) is 0 Å². The van der Waals surface area contributed by atoms with E-state index in [-0.39, 0.29) is 28.7 Å². The Morgan fingerprint density at radius 2 is 1.63 bits per heavy atom. The molecule has 0 aliphatic carbocycles. The fraction of sp³-hybridized carbons (Fsp3) is 0.333. The summed E-state index contributed by atoms with van der Waals surface area (Å²) in [6.45, 7) is 4.85. The van der Waals surface area contributed by atoms with Crippen LogP contribution >= 0.6 is 31.9 Å². The van der Waals surface area contributed by atoms with E-state index in [4.69, 9.17) is 13.7 Å². The Hall–Kier alpha value is -2.55. The fourth-order valence-corrected chi connectivity index (χ4v) is 6.50. The molecule has 4 heterocycles. The van der Waals surface area contributed by atoms with Gasteiger partial charge >= 0.3 is 0 Å². The molecule has 2 atom stereocenters. The van der Waals surface area contributed by atoms with Crippen LogP contribution in [0, 0.1) is 18.6 Å². The van der Waals surface area contributed by atoms with Crippen molar-refractivity contribution in [1.29, 1.82) is 0 Å². The highest BCUT2D eigenvalue weighted by Gasteiger charge is 2.25. The molecule has 2 fully saturated rings. The normalized spacial score (nSPS) is 19.1. The van der Waals surface area contributed by atoms with Gasteiger partial charge in [-0.2, -0.15) is 13.5 Å². The summed E-state index contributed by atoms with van der Waals surface area (Å²) in [6, 6.07) is 14.0. The Bertz CT molecular complexity index is 1720. The van der Waals surface area contributed by atoms with Crippen molar-refractivity contribution >= 4 is 59.1 Å². The molecule has 0 saturated carbocycles. The summed E-state index contributed by atoms with van der Waals surface area (Å²) < 4.78 is 68.9. The number of aromatic nitrogens is 2. The van der Waals surface area contributed by atoms with Gasteiger partial charge in [-0.1, -0.05) is 23.8 Å². The smallest absolute Gasteiger partial charge is 0.297 e. The van der Waals surface area contributed by atoms with Crippen LogP contribution in [0.2, 0.25) is 0 Å². The highest BCUT2D eigenvalue weighted by Crippen LogP contribution is 2.29. The molecule has 3 aromatic carbocycles. The van der Waals surface area contributed by atoms with Crippen molar-refractivity contribution in [2.75, 3.05) is 26.4 Å². The van der Waals surface area contributed by atoms with E-state index in [1.165, 1.54) is 0 Å². The van der Waals surface area contributed by atoms with Crippen LogP contribution in [-0.4, -0.2) is 56.9 Å². The summed E-state index contributed by atoms with van der Waals surface area (Å²) in [5.41, 5.74) is 3.43. The first-order valence-corrected chi connectivity index (χ1v) is 16.6. The van der Waals surface area contributed by atoms with Gasteiger partial charge in [-0.05, 0) is 81.1 Å². The number of benzene rings is 3. The van der Waals surface area contributed by atoms with Crippen LogP contribution in [0.5, 0.6) is 0 Å². The van der Waals surface area contributed by atoms with E-state index in [2.05, 4.69) is 42.0 Å². The number of hydrogen-bond acceptors (Lipinski definition) is 7. The number of rotatable bonds is 4.